The smallest absolute Gasteiger partial charge is 0.203 e. The van der Waals surface area contributed by atoms with Gasteiger partial charge < -0.3 is 19.3 Å². The second kappa shape index (κ2) is 8.34. The zero-order valence-electron chi connectivity index (χ0n) is 12.3. The number of hydrogen-bond acceptors (Lipinski definition) is 4. The highest BCUT2D eigenvalue weighted by atomic mass is 16.5. The van der Waals surface area contributed by atoms with Crippen LogP contribution in [0, 0.1) is 12.3 Å². The van der Waals surface area contributed by atoms with Crippen LogP contribution in [0.2, 0.25) is 0 Å². The number of rotatable bonds is 8. The monoisotopic (exact) mass is 278 g/mol. The Morgan fingerprint density at radius 1 is 1.05 bits per heavy atom. The summed E-state index contributed by atoms with van der Waals surface area (Å²) in [6, 6.07) is 3.50. The van der Waals surface area contributed by atoms with Gasteiger partial charge in [0.05, 0.1) is 25.9 Å². The Hall–Kier alpha value is -1.86. The fraction of sp³-hybridized carbons (Fsp3) is 0.500. The minimum Gasteiger partial charge on any atom is -0.490 e. The summed E-state index contributed by atoms with van der Waals surface area (Å²) in [6.45, 7) is 7.18. The number of terminal acetylenes is 1. The lowest BCUT2D eigenvalue weighted by atomic mass is 10.1. The van der Waals surface area contributed by atoms with E-state index in [2.05, 4.69) is 5.92 Å². The first-order chi connectivity index (χ1) is 9.67. The van der Waals surface area contributed by atoms with Gasteiger partial charge in [-0.15, -0.1) is 12.3 Å². The molecule has 1 aromatic rings. The molecule has 1 unspecified atom stereocenters. The Morgan fingerprint density at radius 3 is 1.95 bits per heavy atom. The van der Waals surface area contributed by atoms with E-state index in [4.69, 9.17) is 20.6 Å². The fourth-order valence-corrected chi connectivity index (χ4v) is 1.83. The molecule has 1 aromatic carbocycles. The van der Waals surface area contributed by atoms with Crippen molar-refractivity contribution < 1.29 is 19.3 Å². The maximum Gasteiger partial charge on any atom is 0.203 e. The van der Waals surface area contributed by atoms with Crippen molar-refractivity contribution in [1.29, 1.82) is 0 Å². The van der Waals surface area contributed by atoms with Gasteiger partial charge in [-0.3, -0.25) is 0 Å². The van der Waals surface area contributed by atoms with Crippen molar-refractivity contribution in [3.8, 4) is 29.6 Å². The molecule has 0 radical (unpaired) electrons. The quantitative estimate of drug-likeness (QED) is 0.743. The Bertz CT molecular complexity index is 435. The second-order valence-corrected chi connectivity index (χ2v) is 4.07. The molecule has 0 fully saturated rings. The lowest BCUT2D eigenvalue weighted by Gasteiger charge is -2.18. The van der Waals surface area contributed by atoms with E-state index >= 15 is 0 Å². The number of benzene rings is 1. The summed E-state index contributed by atoms with van der Waals surface area (Å²) in [6.07, 6.45) is 4.74. The van der Waals surface area contributed by atoms with E-state index in [1.165, 1.54) is 0 Å². The van der Waals surface area contributed by atoms with Gasteiger partial charge in [0.2, 0.25) is 5.75 Å². The average Bonchev–Trinajstić information content (AvgIpc) is 2.43. The van der Waals surface area contributed by atoms with Gasteiger partial charge in [-0.1, -0.05) is 0 Å². The topological polar surface area (TPSA) is 47.9 Å². The fourth-order valence-electron chi connectivity index (χ4n) is 1.83. The average molecular weight is 278 g/mol. The van der Waals surface area contributed by atoms with Crippen LogP contribution in [-0.2, 0) is 0 Å². The highest BCUT2D eigenvalue weighted by molar-refractivity contribution is 5.54. The van der Waals surface area contributed by atoms with E-state index in [1.807, 2.05) is 20.8 Å². The van der Waals surface area contributed by atoms with Crippen LogP contribution < -0.4 is 14.2 Å². The standard InChI is InChI=1S/C16H22O4/c1-5-9-13(17)12-10-14(18-6-2)16(20-8-4)15(11-12)19-7-3/h1,10-11,13,17H,6-9H2,2-4H3. The van der Waals surface area contributed by atoms with Crippen LogP contribution in [0.1, 0.15) is 38.9 Å². The van der Waals surface area contributed by atoms with E-state index in [9.17, 15) is 5.11 Å². The van der Waals surface area contributed by atoms with Crippen LogP contribution in [0.5, 0.6) is 17.2 Å². The summed E-state index contributed by atoms with van der Waals surface area (Å²) < 4.78 is 16.8. The van der Waals surface area contributed by atoms with Crippen LogP contribution in [0.15, 0.2) is 12.1 Å². The van der Waals surface area contributed by atoms with Crippen molar-refractivity contribution in [2.24, 2.45) is 0 Å². The molecule has 20 heavy (non-hydrogen) atoms. The number of aliphatic hydroxyl groups excluding tert-OH is 1. The summed E-state index contributed by atoms with van der Waals surface area (Å²) in [5.74, 6) is 4.13. The lowest BCUT2D eigenvalue weighted by Crippen LogP contribution is -2.05. The zero-order chi connectivity index (χ0) is 15.0. The first-order valence-corrected chi connectivity index (χ1v) is 6.85. The number of ether oxygens (including phenoxy) is 3. The van der Waals surface area contributed by atoms with Crippen LogP contribution in [0.25, 0.3) is 0 Å². The molecule has 1 atom stereocenters. The number of hydrogen-bond donors (Lipinski definition) is 1. The highest BCUT2D eigenvalue weighted by Gasteiger charge is 2.18. The molecule has 0 aliphatic heterocycles. The molecule has 4 nitrogen and oxygen atoms in total. The first-order valence-electron chi connectivity index (χ1n) is 6.85. The molecule has 4 heteroatoms. The predicted molar refractivity (Wildman–Crippen MR) is 78.4 cm³/mol. The van der Waals surface area contributed by atoms with Crippen molar-refractivity contribution >= 4 is 0 Å². The third kappa shape index (κ3) is 4.07. The molecule has 0 aromatic heterocycles. The SMILES string of the molecule is C#CCC(O)c1cc(OCC)c(OCC)c(OCC)c1. The van der Waals surface area contributed by atoms with Gasteiger partial charge in [0.25, 0.3) is 0 Å². The Labute approximate surface area is 120 Å². The second-order valence-electron chi connectivity index (χ2n) is 4.07. The van der Waals surface area contributed by atoms with Gasteiger partial charge >= 0.3 is 0 Å². The Balaban J connectivity index is 3.25. The minimum atomic E-state index is -0.742. The third-order valence-corrected chi connectivity index (χ3v) is 2.63. The molecule has 0 heterocycles. The molecule has 1 rings (SSSR count). The molecular weight excluding hydrogens is 256 g/mol. The predicted octanol–water partition coefficient (Wildman–Crippen LogP) is 2.94. The van der Waals surface area contributed by atoms with Crippen molar-refractivity contribution in [2.45, 2.75) is 33.3 Å². The summed E-state index contributed by atoms with van der Waals surface area (Å²) in [5, 5.41) is 10.0. The number of aliphatic hydroxyl groups is 1. The minimum absolute atomic E-state index is 0.241. The van der Waals surface area contributed by atoms with Gasteiger partial charge in [-0.05, 0) is 38.5 Å². The molecule has 0 saturated heterocycles. The molecular formula is C16H22O4. The first kappa shape index (κ1) is 16.2. The van der Waals surface area contributed by atoms with Crippen LogP contribution >= 0.6 is 0 Å². The summed E-state index contributed by atoms with van der Waals surface area (Å²) in [5.41, 5.74) is 0.665. The van der Waals surface area contributed by atoms with Gasteiger partial charge in [0.1, 0.15) is 0 Å². The van der Waals surface area contributed by atoms with E-state index in [0.29, 0.717) is 42.6 Å². The molecule has 1 N–H and O–H groups in total. The maximum atomic E-state index is 10.0. The van der Waals surface area contributed by atoms with E-state index in [0.717, 1.165) is 0 Å². The molecule has 0 aliphatic rings. The largest absolute Gasteiger partial charge is 0.490 e. The van der Waals surface area contributed by atoms with Crippen LogP contribution in [-0.4, -0.2) is 24.9 Å². The van der Waals surface area contributed by atoms with Gasteiger partial charge in [-0.2, -0.15) is 0 Å². The van der Waals surface area contributed by atoms with Crippen LogP contribution in [0.4, 0.5) is 0 Å². The molecule has 0 bridgehead atoms. The molecule has 0 amide bonds. The van der Waals surface area contributed by atoms with Crippen molar-refractivity contribution in [2.75, 3.05) is 19.8 Å². The molecule has 0 saturated carbocycles. The van der Waals surface area contributed by atoms with Crippen molar-refractivity contribution in [3.05, 3.63) is 17.7 Å². The van der Waals surface area contributed by atoms with Gasteiger partial charge in [-0.25, -0.2) is 0 Å². The Kier molecular flexibility index (Phi) is 6.75. The highest BCUT2D eigenvalue weighted by Crippen LogP contribution is 2.40. The maximum absolute atomic E-state index is 10.0. The summed E-state index contributed by atoms with van der Waals surface area (Å²) in [7, 11) is 0. The van der Waals surface area contributed by atoms with E-state index in [1.54, 1.807) is 12.1 Å². The van der Waals surface area contributed by atoms with E-state index in [-0.39, 0.29) is 6.42 Å². The van der Waals surface area contributed by atoms with Gasteiger partial charge in [0.15, 0.2) is 11.5 Å². The van der Waals surface area contributed by atoms with Crippen molar-refractivity contribution in [1.82, 2.24) is 0 Å². The normalized spacial score (nSPS) is 11.6. The summed E-state index contributed by atoms with van der Waals surface area (Å²) >= 11 is 0. The lowest BCUT2D eigenvalue weighted by molar-refractivity contribution is 0.182. The summed E-state index contributed by atoms with van der Waals surface area (Å²) in [4.78, 5) is 0. The van der Waals surface area contributed by atoms with E-state index < -0.39 is 6.10 Å². The Morgan fingerprint density at radius 2 is 1.55 bits per heavy atom. The molecule has 110 valence electrons. The van der Waals surface area contributed by atoms with Crippen molar-refractivity contribution in [3.63, 3.8) is 0 Å². The zero-order valence-corrected chi connectivity index (χ0v) is 12.3. The third-order valence-electron chi connectivity index (χ3n) is 2.63. The van der Waals surface area contributed by atoms with Crippen LogP contribution in [0.3, 0.4) is 0 Å². The van der Waals surface area contributed by atoms with Gasteiger partial charge in [0, 0.05) is 6.42 Å². The molecule has 0 aliphatic carbocycles. The molecule has 0 spiro atoms.